The molecule has 0 fully saturated rings. The molecule has 0 amide bonds. The van der Waals surface area contributed by atoms with Gasteiger partial charge in [-0.2, -0.15) is 0 Å². The van der Waals surface area contributed by atoms with Crippen molar-refractivity contribution in [1.82, 2.24) is 0 Å². The Kier molecular flexibility index (Phi) is 2.22. The topological polar surface area (TPSA) is 37.3 Å². The van der Waals surface area contributed by atoms with Crippen LogP contribution in [-0.2, 0) is 12.8 Å². The van der Waals surface area contributed by atoms with Crippen LogP contribution in [0, 0.1) is 0 Å². The smallest absolute Gasteiger partial charge is 0.193 e. The Labute approximate surface area is 99.5 Å². The predicted octanol–water partition coefficient (Wildman–Crippen LogP) is 2.72. The van der Waals surface area contributed by atoms with Gasteiger partial charge >= 0.3 is 0 Å². The van der Waals surface area contributed by atoms with Gasteiger partial charge < -0.3 is 5.11 Å². The number of phenols is 1. The summed E-state index contributed by atoms with van der Waals surface area (Å²) >= 11 is 0. The number of hydrogen-bond donors (Lipinski definition) is 1. The molecule has 17 heavy (non-hydrogen) atoms. The van der Waals surface area contributed by atoms with Crippen molar-refractivity contribution in [3.05, 3.63) is 64.7 Å². The van der Waals surface area contributed by atoms with E-state index in [-0.39, 0.29) is 11.5 Å². The molecule has 2 heteroatoms. The van der Waals surface area contributed by atoms with Gasteiger partial charge in [-0.15, -0.1) is 0 Å². The minimum atomic E-state index is 0.0176. The summed E-state index contributed by atoms with van der Waals surface area (Å²) in [5.41, 5.74) is 3.50. The lowest BCUT2D eigenvalue weighted by Gasteiger charge is -2.05. The van der Waals surface area contributed by atoms with Crippen LogP contribution in [0.5, 0.6) is 5.75 Å². The molecule has 0 radical (unpaired) electrons. The first-order chi connectivity index (χ1) is 8.25. The highest BCUT2D eigenvalue weighted by Crippen LogP contribution is 2.26. The highest BCUT2D eigenvalue weighted by molar-refractivity contribution is 6.11. The number of rotatable bonds is 0. The normalized spacial score (nSPS) is 13.8. The van der Waals surface area contributed by atoms with Crippen molar-refractivity contribution in [2.24, 2.45) is 0 Å². The molecule has 0 aromatic heterocycles. The van der Waals surface area contributed by atoms with Crippen LogP contribution < -0.4 is 0 Å². The Morgan fingerprint density at radius 2 is 1.59 bits per heavy atom. The standard InChI is InChI=1S/C15H12O2/c16-12-8-7-11-6-5-10-3-1-2-4-13(10)15(17)14(11)9-12/h1-4,7-9,16H,5-6H2. The molecule has 0 unspecified atom stereocenters. The molecular weight excluding hydrogens is 212 g/mol. The van der Waals surface area contributed by atoms with E-state index in [4.69, 9.17) is 0 Å². The van der Waals surface area contributed by atoms with Crippen LogP contribution in [0.2, 0.25) is 0 Å². The van der Waals surface area contributed by atoms with Gasteiger partial charge in [-0.1, -0.05) is 30.3 Å². The lowest BCUT2D eigenvalue weighted by Crippen LogP contribution is -2.03. The molecule has 3 rings (SSSR count). The van der Waals surface area contributed by atoms with E-state index in [0.29, 0.717) is 5.56 Å². The summed E-state index contributed by atoms with van der Waals surface area (Å²) in [6.45, 7) is 0. The highest BCUT2D eigenvalue weighted by Gasteiger charge is 2.20. The van der Waals surface area contributed by atoms with E-state index in [1.165, 1.54) is 0 Å². The lowest BCUT2D eigenvalue weighted by molar-refractivity contribution is 0.103. The first kappa shape index (κ1) is 10.1. The Morgan fingerprint density at radius 1 is 0.882 bits per heavy atom. The summed E-state index contributed by atoms with van der Waals surface area (Å²) in [7, 11) is 0. The number of aryl methyl sites for hydroxylation is 2. The zero-order valence-corrected chi connectivity index (χ0v) is 9.31. The van der Waals surface area contributed by atoms with E-state index < -0.39 is 0 Å². The molecule has 0 heterocycles. The number of ketones is 1. The Morgan fingerprint density at radius 3 is 2.41 bits per heavy atom. The van der Waals surface area contributed by atoms with Gasteiger partial charge in [0.25, 0.3) is 0 Å². The second kappa shape index (κ2) is 3.74. The van der Waals surface area contributed by atoms with Gasteiger partial charge in [0, 0.05) is 11.1 Å². The van der Waals surface area contributed by atoms with Crippen LogP contribution in [0.25, 0.3) is 0 Å². The molecule has 0 saturated carbocycles. The fourth-order valence-corrected chi connectivity index (χ4v) is 2.37. The van der Waals surface area contributed by atoms with Crippen molar-refractivity contribution < 1.29 is 9.90 Å². The minimum absolute atomic E-state index is 0.0176. The summed E-state index contributed by atoms with van der Waals surface area (Å²) in [5.74, 6) is 0.167. The van der Waals surface area contributed by atoms with Crippen LogP contribution in [0.4, 0.5) is 0 Å². The van der Waals surface area contributed by atoms with E-state index in [0.717, 1.165) is 29.5 Å². The fraction of sp³-hybridized carbons (Fsp3) is 0.133. The van der Waals surface area contributed by atoms with Gasteiger partial charge in [-0.25, -0.2) is 0 Å². The van der Waals surface area contributed by atoms with Crippen molar-refractivity contribution in [2.75, 3.05) is 0 Å². The number of hydrogen-bond acceptors (Lipinski definition) is 2. The molecule has 1 N–H and O–H groups in total. The van der Waals surface area contributed by atoms with Gasteiger partial charge in [0.2, 0.25) is 0 Å². The number of phenolic OH excluding ortho intramolecular Hbond substituents is 1. The van der Waals surface area contributed by atoms with Crippen molar-refractivity contribution >= 4 is 5.78 Å². The van der Waals surface area contributed by atoms with E-state index in [2.05, 4.69) is 0 Å². The number of benzene rings is 2. The van der Waals surface area contributed by atoms with Gasteiger partial charge in [0.1, 0.15) is 5.75 Å². The third-order valence-electron chi connectivity index (χ3n) is 3.26. The predicted molar refractivity (Wildman–Crippen MR) is 65.4 cm³/mol. The lowest BCUT2D eigenvalue weighted by atomic mass is 9.99. The van der Waals surface area contributed by atoms with Gasteiger partial charge in [-0.3, -0.25) is 4.79 Å². The van der Waals surface area contributed by atoms with Crippen LogP contribution in [-0.4, -0.2) is 10.9 Å². The summed E-state index contributed by atoms with van der Waals surface area (Å²) < 4.78 is 0. The maximum atomic E-state index is 12.4. The molecule has 1 aliphatic rings. The largest absolute Gasteiger partial charge is 0.508 e. The maximum Gasteiger partial charge on any atom is 0.193 e. The van der Waals surface area contributed by atoms with E-state index in [1.54, 1.807) is 12.1 Å². The Balaban J connectivity index is 2.22. The first-order valence-electron chi connectivity index (χ1n) is 5.70. The molecule has 0 bridgehead atoms. The molecule has 1 aliphatic carbocycles. The highest BCUT2D eigenvalue weighted by atomic mass is 16.3. The number of aromatic hydroxyl groups is 1. The zero-order valence-electron chi connectivity index (χ0n) is 9.31. The van der Waals surface area contributed by atoms with Crippen LogP contribution in [0.15, 0.2) is 42.5 Å². The molecule has 2 aromatic rings. The third kappa shape index (κ3) is 1.62. The maximum absolute atomic E-state index is 12.4. The minimum Gasteiger partial charge on any atom is -0.508 e. The van der Waals surface area contributed by atoms with Gasteiger partial charge in [-0.05, 0) is 36.1 Å². The molecule has 0 saturated heterocycles. The SMILES string of the molecule is O=C1c2ccccc2CCc2ccc(O)cc21. The number of carbonyl (C=O) groups excluding carboxylic acids is 1. The van der Waals surface area contributed by atoms with Crippen LogP contribution in [0.1, 0.15) is 27.0 Å². The van der Waals surface area contributed by atoms with E-state index in [9.17, 15) is 9.90 Å². The number of carbonyl (C=O) groups is 1. The second-order valence-electron chi connectivity index (χ2n) is 4.33. The molecule has 84 valence electrons. The molecule has 0 aliphatic heterocycles. The summed E-state index contributed by atoms with van der Waals surface area (Å²) in [6, 6.07) is 12.7. The van der Waals surface area contributed by atoms with Crippen LogP contribution in [0.3, 0.4) is 0 Å². The first-order valence-corrected chi connectivity index (χ1v) is 5.70. The van der Waals surface area contributed by atoms with Gasteiger partial charge in [0.05, 0.1) is 0 Å². The zero-order chi connectivity index (χ0) is 11.8. The second-order valence-corrected chi connectivity index (χ2v) is 4.33. The molecule has 2 nitrogen and oxygen atoms in total. The average molecular weight is 224 g/mol. The fourth-order valence-electron chi connectivity index (χ4n) is 2.37. The van der Waals surface area contributed by atoms with Gasteiger partial charge in [0.15, 0.2) is 5.78 Å². The number of fused-ring (bicyclic) bond motifs is 2. The molecule has 0 atom stereocenters. The summed E-state index contributed by atoms with van der Waals surface area (Å²) in [6.07, 6.45) is 1.72. The van der Waals surface area contributed by atoms with Crippen molar-refractivity contribution in [2.45, 2.75) is 12.8 Å². The van der Waals surface area contributed by atoms with E-state index >= 15 is 0 Å². The summed E-state index contributed by atoms with van der Waals surface area (Å²) in [4.78, 5) is 12.4. The third-order valence-corrected chi connectivity index (χ3v) is 3.26. The molecule has 0 spiro atoms. The molecular formula is C15H12O2. The molecule has 2 aromatic carbocycles. The summed E-state index contributed by atoms with van der Waals surface area (Å²) in [5, 5.41) is 9.49. The average Bonchev–Trinajstić information content (AvgIpc) is 2.49. The van der Waals surface area contributed by atoms with Crippen LogP contribution >= 0.6 is 0 Å². The quantitative estimate of drug-likeness (QED) is 0.747. The Bertz CT molecular complexity index is 600. The monoisotopic (exact) mass is 224 g/mol. The Hall–Kier alpha value is -2.09. The van der Waals surface area contributed by atoms with Crippen molar-refractivity contribution in [1.29, 1.82) is 0 Å². The van der Waals surface area contributed by atoms with E-state index in [1.807, 2.05) is 30.3 Å². The van der Waals surface area contributed by atoms with Crippen molar-refractivity contribution in [3.8, 4) is 5.75 Å². The van der Waals surface area contributed by atoms with Crippen molar-refractivity contribution in [3.63, 3.8) is 0 Å².